The Bertz CT molecular complexity index is 627. The molecule has 22 heavy (non-hydrogen) atoms. The Morgan fingerprint density at radius 2 is 2.18 bits per heavy atom. The molecule has 2 amide bonds. The van der Waals surface area contributed by atoms with Crippen molar-refractivity contribution in [2.45, 2.75) is 26.9 Å². The van der Waals surface area contributed by atoms with Crippen LogP contribution in [0.4, 0.5) is 4.79 Å². The van der Waals surface area contributed by atoms with Gasteiger partial charge in [0.05, 0.1) is 23.9 Å². The molecular formula is C16H21N3O2S. The first kappa shape index (κ1) is 16.3. The van der Waals surface area contributed by atoms with Crippen molar-refractivity contribution in [3.05, 3.63) is 45.9 Å². The molecule has 0 bridgehead atoms. The van der Waals surface area contributed by atoms with Gasteiger partial charge in [0.15, 0.2) is 0 Å². The Labute approximate surface area is 134 Å². The number of urea groups is 1. The van der Waals surface area contributed by atoms with Gasteiger partial charge in [0, 0.05) is 24.5 Å². The van der Waals surface area contributed by atoms with Crippen LogP contribution in [0.25, 0.3) is 0 Å². The molecule has 0 unspecified atom stereocenters. The number of hydrogen-bond donors (Lipinski definition) is 1. The number of hydrogen-bond acceptors (Lipinski definition) is 4. The van der Waals surface area contributed by atoms with E-state index < -0.39 is 0 Å². The molecular weight excluding hydrogens is 298 g/mol. The minimum absolute atomic E-state index is 0.128. The van der Waals surface area contributed by atoms with E-state index in [4.69, 9.17) is 4.74 Å². The predicted molar refractivity (Wildman–Crippen MR) is 88.2 cm³/mol. The Morgan fingerprint density at radius 1 is 1.41 bits per heavy atom. The minimum Gasteiger partial charge on any atom is -0.494 e. The quantitative estimate of drug-likeness (QED) is 0.889. The molecule has 5 nitrogen and oxygen atoms in total. The predicted octanol–water partition coefficient (Wildman–Crippen LogP) is 3.19. The minimum atomic E-state index is -0.128. The number of carbonyl (C=O) groups is 1. The van der Waals surface area contributed by atoms with Crippen LogP contribution in [-0.2, 0) is 13.1 Å². The SMILES string of the molecule is CCOc1ccccc1CNC(=O)N(C)Cc1csc(C)n1. The van der Waals surface area contributed by atoms with Crippen LogP contribution in [0.15, 0.2) is 29.6 Å². The maximum absolute atomic E-state index is 12.1. The fraction of sp³-hybridized carbons (Fsp3) is 0.375. The Morgan fingerprint density at radius 3 is 2.86 bits per heavy atom. The molecule has 1 aromatic heterocycles. The van der Waals surface area contributed by atoms with E-state index in [1.165, 1.54) is 0 Å². The highest BCUT2D eigenvalue weighted by atomic mass is 32.1. The molecule has 0 aliphatic heterocycles. The van der Waals surface area contributed by atoms with E-state index in [0.29, 0.717) is 19.7 Å². The summed E-state index contributed by atoms with van der Waals surface area (Å²) in [6, 6.07) is 7.60. The second-order valence-electron chi connectivity index (χ2n) is 4.91. The van der Waals surface area contributed by atoms with Crippen LogP contribution < -0.4 is 10.1 Å². The molecule has 0 aliphatic rings. The van der Waals surface area contributed by atoms with Gasteiger partial charge in [0.25, 0.3) is 0 Å². The molecule has 1 aromatic carbocycles. The lowest BCUT2D eigenvalue weighted by molar-refractivity contribution is 0.206. The summed E-state index contributed by atoms with van der Waals surface area (Å²) in [5, 5.41) is 5.89. The van der Waals surface area contributed by atoms with Crippen LogP contribution in [0.2, 0.25) is 0 Å². The number of para-hydroxylation sites is 1. The third-order valence-corrected chi connectivity index (χ3v) is 3.94. The molecule has 2 aromatic rings. The maximum atomic E-state index is 12.1. The highest BCUT2D eigenvalue weighted by Crippen LogP contribution is 2.17. The highest BCUT2D eigenvalue weighted by Gasteiger charge is 2.11. The smallest absolute Gasteiger partial charge is 0.317 e. The molecule has 6 heteroatoms. The topological polar surface area (TPSA) is 54.5 Å². The average Bonchev–Trinajstić information content (AvgIpc) is 2.91. The molecule has 0 fully saturated rings. The third-order valence-electron chi connectivity index (χ3n) is 3.11. The Kier molecular flexibility index (Phi) is 5.77. The fourth-order valence-electron chi connectivity index (χ4n) is 2.05. The lowest BCUT2D eigenvalue weighted by atomic mass is 10.2. The summed E-state index contributed by atoms with van der Waals surface area (Å²) < 4.78 is 5.55. The van der Waals surface area contributed by atoms with Crippen LogP contribution in [0, 0.1) is 6.92 Å². The summed E-state index contributed by atoms with van der Waals surface area (Å²) in [6.07, 6.45) is 0. The Hall–Kier alpha value is -2.08. The fourth-order valence-corrected chi connectivity index (χ4v) is 2.65. The second-order valence-corrected chi connectivity index (χ2v) is 5.98. The van der Waals surface area contributed by atoms with E-state index in [2.05, 4.69) is 10.3 Å². The Balaban J connectivity index is 1.89. The summed E-state index contributed by atoms with van der Waals surface area (Å²) in [5.41, 5.74) is 1.88. The van der Waals surface area contributed by atoms with Crippen LogP contribution in [-0.4, -0.2) is 29.6 Å². The van der Waals surface area contributed by atoms with Gasteiger partial charge in [-0.3, -0.25) is 0 Å². The van der Waals surface area contributed by atoms with Crippen LogP contribution in [0.1, 0.15) is 23.2 Å². The van der Waals surface area contributed by atoms with Crippen molar-refractivity contribution in [1.82, 2.24) is 15.2 Å². The molecule has 1 heterocycles. The first-order chi connectivity index (χ1) is 10.6. The summed E-state index contributed by atoms with van der Waals surface area (Å²) in [4.78, 5) is 18.1. The first-order valence-electron chi connectivity index (χ1n) is 7.20. The van der Waals surface area contributed by atoms with Crippen LogP contribution in [0.3, 0.4) is 0 Å². The number of nitrogens with one attached hydrogen (secondary N) is 1. The van der Waals surface area contributed by atoms with Gasteiger partial charge >= 0.3 is 6.03 Å². The molecule has 0 atom stereocenters. The van der Waals surface area contributed by atoms with Crippen molar-refractivity contribution >= 4 is 17.4 Å². The highest BCUT2D eigenvalue weighted by molar-refractivity contribution is 7.09. The van der Waals surface area contributed by atoms with E-state index in [0.717, 1.165) is 22.0 Å². The van der Waals surface area contributed by atoms with Crippen molar-refractivity contribution in [2.24, 2.45) is 0 Å². The van der Waals surface area contributed by atoms with Crippen molar-refractivity contribution < 1.29 is 9.53 Å². The van der Waals surface area contributed by atoms with E-state index in [-0.39, 0.29) is 6.03 Å². The monoisotopic (exact) mass is 319 g/mol. The number of aryl methyl sites for hydroxylation is 1. The summed E-state index contributed by atoms with van der Waals surface area (Å²) in [5.74, 6) is 0.808. The average molecular weight is 319 g/mol. The largest absolute Gasteiger partial charge is 0.494 e. The third kappa shape index (κ3) is 4.46. The molecule has 1 N–H and O–H groups in total. The maximum Gasteiger partial charge on any atom is 0.317 e. The number of carbonyl (C=O) groups excluding carboxylic acids is 1. The van der Waals surface area contributed by atoms with Gasteiger partial charge in [-0.1, -0.05) is 18.2 Å². The van der Waals surface area contributed by atoms with Crippen molar-refractivity contribution in [2.75, 3.05) is 13.7 Å². The zero-order valence-corrected chi connectivity index (χ0v) is 13.9. The standard InChI is InChI=1S/C16H21N3O2S/c1-4-21-15-8-6-5-7-13(15)9-17-16(20)19(3)10-14-11-22-12(2)18-14/h5-8,11H,4,9-10H2,1-3H3,(H,17,20). The van der Waals surface area contributed by atoms with E-state index >= 15 is 0 Å². The second kappa shape index (κ2) is 7.79. The molecule has 0 saturated carbocycles. The number of rotatable bonds is 6. The number of benzene rings is 1. The number of nitrogens with zero attached hydrogens (tertiary/aromatic N) is 2. The number of aromatic nitrogens is 1. The van der Waals surface area contributed by atoms with Crippen LogP contribution in [0.5, 0.6) is 5.75 Å². The van der Waals surface area contributed by atoms with E-state index in [9.17, 15) is 4.79 Å². The van der Waals surface area contributed by atoms with Crippen molar-refractivity contribution in [3.63, 3.8) is 0 Å². The van der Waals surface area contributed by atoms with Gasteiger partial charge in [-0.15, -0.1) is 11.3 Å². The van der Waals surface area contributed by atoms with Gasteiger partial charge in [0.2, 0.25) is 0 Å². The van der Waals surface area contributed by atoms with Crippen molar-refractivity contribution in [1.29, 1.82) is 0 Å². The molecule has 118 valence electrons. The summed E-state index contributed by atoms with van der Waals surface area (Å²) in [6.45, 7) is 5.45. The zero-order chi connectivity index (χ0) is 15.9. The molecule has 0 spiro atoms. The van der Waals surface area contributed by atoms with Crippen LogP contribution >= 0.6 is 11.3 Å². The van der Waals surface area contributed by atoms with Gasteiger partial charge in [-0.25, -0.2) is 9.78 Å². The van der Waals surface area contributed by atoms with E-state index in [1.807, 2.05) is 43.5 Å². The molecule has 0 radical (unpaired) electrons. The molecule has 2 rings (SSSR count). The van der Waals surface area contributed by atoms with Gasteiger partial charge in [-0.05, 0) is 19.9 Å². The van der Waals surface area contributed by atoms with Gasteiger partial charge < -0.3 is 15.0 Å². The number of amides is 2. The normalized spacial score (nSPS) is 10.3. The number of thiazole rings is 1. The lowest BCUT2D eigenvalue weighted by Gasteiger charge is -2.17. The first-order valence-corrected chi connectivity index (χ1v) is 8.08. The number of ether oxygens (including phenoxy) is 1. The van der Waals surface area contributed by atoms with Gasteiger partial charge in [-0.2, -0.15) is 0 Å². The van der Waals surface area contributed by atoms with Crippen molar-refractivity contribution in [3.8, 4) is 5.75 Å². The summed E-state index contributed by atoms with van der Waals surface area (Å²) in [7, 11) is 1.76. The zero-order valence-electron chi connectivity index (χ0n) is 13.1. The molecule has 0 saturated heterocycles. The van der Waals surface area contributed by atoms with Gasteiger partial charge in [0.1, 0.15) is 5.75 Å². The molecule has 0 aliphatic carbocycles. The summed E-state index contributed by atoms with van der Waals surface area (Å²) >= 11 is 1.59. The lowest BCUT2D eigenvalue weighted by Crippen LogP contribution is -2.36. The van der Waals surface area contributed by atoms with E-state index in [1.54, 1.807) is 23.3 Å².